The zero-order valence-corrected chi connectivity index (χ0v) is 23.1. The molecule has 30 heavy (non-hydrogen) atoms. The van der Waals surface area contributed by atoms with Crippen LogP contribution in [0.2, 0.25) is 0 Å². The van der Waals surface area contributed by atoms with Crippen molar-refractivity contribution in [2.45, 2.75) is 29.1 Å². The molecule has 3 aromatic carbocycles. The zero-order valence-electron chi connectivity index (χ0n) is 15.0. The van der Waals surface area contributed by atoms with Crippen molar-refractivity contribution in [2.75, 3.05) is 0 Å². The monoisotopic (exact) mass is 781 g/mol. The number of hydrogen-bond donors (Lipinski definition) is 0. The predicted molar refractivity (Wildman–Crippen MR) is 136 cm³/mol. The fourth-order valence-electron chi connectivity index (χ4n) is 3.63. The van der Waals surface area contributed by atoms with E-state index in [4.69, 9.17) is 4.18 Å². The largest absolute Gasteiger partial charge is 0.744 e. The van der Waals surface area contributed by atoms with Crippen LogP contribution in [-0.4, -0.2) is 21.4 Å². The maximum Gasteiger partial charge on any atom is 0.341 e. The summed E-state index contributed by atoms with van der Waals surface area (Å²) in [5, 5.41) is 1.76. The molecule has 0 radical (unpaired) electrons. The maximum absolute atomic E-state index is 13.3. The fraction of sp³-hybridized carbons (Fsp3) is 0.158. The standard InChI is InChI=1S/C19H13I3O6S2/c20-16-12-4-1-2-5-13(12)17(21)19(18(16)22)30(26,27)28-14-8-9-15(29(23,24)25)11-7-3-6-10(11)14/h1-2,4-5,8-9H,3,6-7H2,(H,23,24,25)/p-1. The van der Waals surface area contributed by atoms with Gasteiger partial charge in [-0.3, -0.25) is 0 Å². The molecule has 0 N–H and O–H groups in total. The third-order valence-electron chi connectivity index (χ3n) is 4.91. The molecule has 0 saturated heterocycles. The minimum Gasteiger partial charge on any atom is -0.744 e. The van der Waals surface area contributed by atoms with Crippen molar-refractivity contribution in [3.05, 3.63) is 58.2 Å². The molecular formula is C19H12I3O6S2-. The van der Waals surface area contributed by atoms with Crippen molar-refractivity contribution < 1.29 is 25.6 Å². The molecule has 0 aliphatic heterocycles. The van der Waals surface area contributed by atoms with Gasteiger partial charge in [0, 0.05) is 12.7 Å². The van der Waals surface area contributed by atoms with E-state index in [1.165, 1.54) is 6.07 Å². The minimum absolute atomic E-state index is 0.0738. The molecule has 0 aromatic heterocycles. The van der Waals surface area contributed by atoms with E-state index in [9.17, 15) is 21.4 Å². The van der Waals surface area contributed by atoms with Crippen LogP contribution in [0.25, 0.3) is 10.8 Å². The lowest BCUT2D eigenvalue weighted by atomic mass is 10.1. The van der Waals surface area contributed by atoms with Gasteiger partial charge in [0.25, 0.3) is 0 Å². The van der Waals surface area contributed by atoms with Crippen molar-refractivity contribution >= 4 is 98.8 Å². The Bertz CT molecular complexity index is 1420. The number of halogens is 3. The first-order valence-corrected chi connectivity index (χ1v) is 14.7. The van der Waals surface area contributed by atoms with Gasteiger partial charge in [0.15, 0.2) is 0 Å². The molecule has 3 aromatic rings. The molecule has 11 heteroatoms. The van der Waals surface area contributed by atoms with Crippen molar-refractivity contribution in [1.82, 2.24) is 0 Å². The Morgan fingerprint density at radius 3 is 2.03 bits per heavy atom. The van der Waals surface area contributed by atoms with Crippen LogP contribution in [0.5, 0.6) is 5.75 Å². The zero-order chi connectivity index (χ0) is 21.8. The van der Waals surface area contributed by atoms with E-state index >= 15 is 0 Å². The highest BCUT2D eigenvalue weighted by molar-refractivity contribution is 14.1. The molecule has 1 aliphatic carbocycles. The van der Waals surface area contributed by atoms with Crippen LogP contribution in [0, 0.1) is 10.7 Å². The second-order valence-electron chi connectivity index (χ2n) is 6.68. The molecular weight excluding hydrogens is 769 g/mol. The van der Waals surface area contributed by atoms with Gasteiger partial charge in [0.2, 0.25) is 0 Å². The van der Waals surface area contributed by atoms with Gasteiger partial charge in [-0.25, -0.2) is 8.42 Å². The normalized spacial score (nSPS) is 14.1. The summed E-state index contributed by atoms with van der Waals surface area (Å²) in [7, 11) is -8.85. The van der Waals surface area contributed by atoms with Gasteiger partial charge in [-0.2, -0.15) is 8.42 Å². The van der Waals surface area contributed by atoms with Crippen LogP contribution >= 0.6 is 67.8 Å². The first-order valence-electron chi connectivity index (χ1n) is 8.62. The molecule has 0 spiro atoms. The average Bonchev–Trinajstić information content (AvgIpc) is 3.15. The Hall–Kier alpha value is -0.230. The van der Waals surface area contributed by atoms with Crippen molar-refractivity contribution in [3.63, 3.8) is 0 Å². The Kier molecular flexibility index (Phi) is 6.33. The summed E-state index contributed by atoms with van der Waals surface area (Å²) < 4.78 is 68.7. The predicted octanol–water partition coefficient (Wildman–Crippen LogP) is 4.81. The van der Waals surface area contributed by atoms with E-state index in [2.05, 4.69) is 22.6 Å². The molecule has 4 rings (SSSR count). The first kappa shape index (κ1) is 22.9. The lowest BCUT2D eigenvalue weighted by molar-refractivity contribution is 0.462. The van der Waals surface area contributed by atoms with E-state index in [-0.39, 0.29) is 15.5 Å². The summed E-state index contributed by atoms with van der Waals surface area (Å²) in [6.07, 6.45) is 1.47. The van der Waals surface area contributed by atoms with Gasteiger partial charge in [0.05, 0.1) is 8.47 Å². The fourth-order valence-corrected chi connectivity index (χ4v) is 9.88. The van der Waals surface area contributed by atoms with Crippen molar-refractivity contribution in [2.24, 2.45) is 0 Å². The average molecular weight is 781 g/mol. The van der Waals surface area contributed by atoms with Gasteiger partial charge in [0.1, 0.15) is 20.8 Å². The van der Waals surface area contributed by atoms with E-state index in [0.29, 0.717) is 37.5 Å². The number of hydrogen-bond acceptors (Lipinski definition) is 6. The lowest BCUT2D eigenvalue weighted by Crippen LogP contribution is -2.16. The molecule has 6 nitrogen and oxygen atoms in total. The van der Waals surface area contributed by atoms with E-state index < -0.39 is 20.2 Å². The van der Waals surface area contributed by atoms with E-state index in [1.807, 2.05) is 69.4 Å². The molecule has 0 saturated carbocycles. The molecule has 0 atom stereocenters. The third-order valence-corrected chi connectivity index (χ3v) is 12.2. The summed E-state index contributed by atoms with van der Waals surface area (Å²) in [4.78, 5) is -0.219. The van der Waals surface area contributed by atoms with Crippen LogP contribution < -0.4 is 4.18 Å². The summed E-state index contributed by atoms with van der Waals surface area (Å²) in [5.74, 6) is 0.0738. The quantitative estimate of drug-likeness (QED) is 0.163. The molecule has 0 amide bonds. The van der Waals surface area contributed by atoms with Crippen LogP contribution in [0.4, 0.5) is 0 Å². The van der Waals surface area contributed by atoms with Gasteiger partial charge in [-0.05, 0) is 116 Å². The van der Waals surface area contributed by atoms with E-state index in [1.54, 1.807) is 0 Å². The number of rotatable bonds is 4. The Labute approximate surface area is 215 Å². The Balaban J connectivity index is 1.87. The smallest absolute Gasteiger partial charge is 0.341 e. The number of fused-ring (bicyclic) bond motifs is 2. The highest BCUT2D eigenvalue weighted by atomic mass is 127. The molecule has 0 heterocycles. The van der Waals surface area contributed by atoms with Crippen LogP contribution in [-0.2, 0) is 33.1 Å². The highest BCUT2D eigenvalue weighted by Gasteiger charge is 2.30. The highest BCUT2D eigenvalue weighted by Crippen LogP contribution is 2.40. The van der Waals surface area contributed by atoms with Crippen LogP contribution in [0.15, 0.2) is 46.2 Å². The Morgan fingerprint density at radius 2 is 1.40 bits per heavy atom. The van der Waals surface area contributed by atoms with Gasteiger partial charge < -0.3 is 8.74 Å². The Morgan fingerprint density at radius 1 is 0.800 bits per heavy atom. The summed E-state index contributed by atoms with van der Waals surface area (Å²) in [5.41, 5.74) is 0.825. The molecule has 1 aliphatic rings. The molecule has 158 valence electrons. The third kappa shape index (κ3) is 3.97. The SMILES string of the molecule is O=S(=O)([O-])c1ccc(OS(=O)(=O)c2c(I)c(I)c3ccccc3c2I)c2c1CCC2. The van der Waals surface area contributed by atoms with Crippen LogP contribution in [0.3, 0.4) is 0 Å². The van der Waals surface area contributed by atoms with Crippen molar-refractivity contribution in [3.8, 4) is 5.75 Å². The van der Waals surface area contributed by atoms with Gasteiger partial charge in [-0.15, -0.1) is 0 Å². The maximum atomic E-state index is 13.3. The van der Waals surface area contributed by atoms with Gasteiger partial charge in [-0.1, -0.05) is 24.3 Å². The molecule has 0 fully saturated rings. The minimum atomic E-state index is -4.64. The summed E-state index contributed by atoms with van der Waals surface area (Å²) in [6.45, 7) is 0. The lowest BCUT2D eigenvalue weighted by Gasteiger charge is -2.18. The number of benzene rings is 3. The van der Waals surface area contributed by atoms with Gasteiger partial charge >= 0.3 is 10.1 Å². The molecule has 0 unspecified atom stereocenters. The van der Waals surface area contributed by atoms with E-state index in [0.717, 1.165) is 20.4 Å². The summed E-state index contributed by atoms with van der Waals surface area (Å²) >= 11 is 6.15. The first-order chi connectivity index (χ1) is 14.0. The molecule has 0 bridgehead atoms. The van der Waals surface area contributed by atoms with Crippen LogP contribution in [0.1, 0.15) is 17.5 Å². The second-order valence-corrected chi connectivity index (χ2v) is 12.7. The topological polar surface area (TPSA) is 101 Å². The second kappa shape index (κ2) is 8.28. The summed E-state index contributed by atoms with van der Waals surface area (Å²) in [6, 6.07) is 9.94. The van der Waals surface area contributed by atoms with Crippen molar-refractivity contribution in [1.29, 1.82) is 0 Å².